The van der Waals surface area contributed by atoms with Crippen LogP contribution >= 0.6 is 0 Å². The molecule has 0 aliphatic rings. The number of hydrogen-bond donors (Lipinski definition) is 1. The van der Waals surface area contributed by atoms with Gasteiger partial charge in [-0.2, -0.15) is 4.31 Å². The Bertz CT molecular complexity index is 540. The predicted molar refractivity (Wildman–Crippen MR) is 67.3 cm³/mol. The molecule has 18 heavy (non-hydrogen) atoms. The first-order chi connectivity index (χ1) is 8.13. The van der Waals surface area contributed by atoms with Gasteiger partial charge in [-0.15, -0.1) is 0 Å². The maximum absolute atomic E-state index is 13.6. The molecule has 0 aliphatic heterocycles. The zero-order valence-corrected chi connectivity index (χ0v) is 11.8. The Balaban J connectivity index is 3.34. The molecular formula is C12H18FNO3S. The van der Waals surface area contributed by atoms with Crippen LogP contribution < -0.4 is 0 Å². The Labute approximate surface area is 107 Å². The molecular weight excluding hydrogens is 257 g/mol. The number of benzene rings is 1. The van der Waals surface area contributed by atoms with Gasteiger partial charge in [-0.25, -0.2) is 12.8 Å². The highest BCUT2D eigenvalue weighted by Crippen LogP contribution is 2.25. The molecule has 1 rings (SSSR count). The summed E-state index contributed by atoms with van der Waals surface area (Å²) < 4.78 is 39.2. The molecule has 0 saturated heterocycles. The van der Waals surface area contributed by atoms with Crippen LogP contribution in [0, 0.1) is 12.7 Å². The molecule has 0 atom stereocenters. The molecule has 0 fully saturated rings. The average molecular weight is 275 g/mol. The standard InChI is InChI=1S/C12H18FNO3S/c1-9-5-6-10(13)11(7-9)18(16,17)14(4)12(2,3)8-15/h5-7,15H,8H2,1-4H3. The van der Waals surface area contributed by atoms with E-state index in [4.69, 9.17) is 0 Å². The normalized spacial score (nSPS) is 13.1. The quantitative estimate of drug-likeness (QED) is 0.906. The van der Waals surface area contributed by atoms with E-state index in [9.17, 15) is 17.9 Å². The van der Waals surface area contributed by atoms with Crippen LogP contribution in [0.1, 0.15) is 19.4 Å². The van der Waals surface area contributed by atoms with Crippen LogP contribution in [0.3, 0.4) is 0 Å². The van der Waals surface area contributed by atoms with Gasteiger partial charge < -0.3 is 5.11 Å². The van der Waals surface area contributed by atoms with E-state index in [0.717, 1.165) is 10.4 Å². The van der Waals surface area contributed by atoms with Crippen LogP contribution in [0.5, 0.6) is 0 Å². The lowest BCUT2D eigenvalue weighted by atomic mass is 10.1. The first-order valence-corrected chi connectivity index (χ1v) is 6.93. The van der Waals surface area contributed by atoms with Gasteiger partial charge in [0.2, 0.25) is 10.0 Å². The van der Waals surface area contributed by atoms with Crippen LogP contribution in [0.4, 0.5) is 4.39 Å². The summed E-state index contributed by atoms with van der Waals surface area (Å²) in [7, 11) is -2.64. The number of likely N-dealkylation sites (N-methyl/N-ethyl adjacent to an activating group) is 1. The smallest absolute Gasteiger partial charge is 0.246 e. The highest BCUT2D eigenvalue weighted by Gasteiger charge is 2.35. The third-order valence-corrected chi connectivity index (χ3v) is 5.05. The van der Waals surface area contributed by atoms with Gasteiger partial charge in [0, 0.05) is 7.05 Å². The van der Waals surface area contributed by atoms with Crippen molar-refractivity contribution in [2.24, 2.45) is 0 Å². The van der Waals surface area contributed by atoms with Crippen molar-refractivity contribution in [3.63, 3.8) is 0 Å². The van der Waals surface area contributed by atoms with Crippen molar-refractivity contribution in [3.8, 4) is 0 Å². The average Bonchev–Trinajstić information content (AvgIpc) is 2.31. The molecule has 6 heteroatoms. The summed E-state index contributed by atoms with van der Waals surface area (Å²) in [6.45, 7) is 4.47. The molecule has 0 radical (unpaired) electrons. The molecule has 0 unspecified atom stereocenters. The van der Waals surface area contributed by atoms with E-state index in [1.54, 1.807) is 20.8 Å². The number of halogens is 1. The molecule has 0 saturated carbocycles. The number of aryl methyl sites for hydroxylation is 1. The van der Waals surface area contributed by atoms with Crippen LogP contribution in [0.25, 0.3) is 0 Å². The molecule has 0 amide bonds. The van der Waals surface area contributed by atoms with E-state index in [1.807, 2.05) is 0 Å². The Hall–Kier alpha value is -0.980. The van der Waals surface area contributed by atoms with E-state index in [1.165, 1.54) is 19.2 Å². The first-order valence-electron chi connectivity index (χ1n) is 5.49. The second kappa shape index (κ2) is 4.95. The summed E-state index contributed by atoms with van der Waals surface area (Å²) in [6, 6.07) is 3.92. The number of rotatable bonds is 4. The Morgan fingerprint density at radius 3 is 2.44 bits per heavy atom. The SMILES string of the molecule is Cc1ccc(F)c(S(=O)(=O)N(C)C(C)(C)CO)c1. The molecule has 0 spiro atoms. The van der Waals surface area contributed by atoms with Crippen LogP contribution in [0.15, 0.2) is 23.1 Å². The molecule has 1 N–H and O–H groups in total. The summed E-state index contributed by atoms with van der Waals surface area (Å²) >= 11 is 0. The fourth-order valence-electron chi connectivity index (χ4n) is 1.38. The Morgan fingerprint density at radius 1 is 1.39 bits per heavy atom. The molecule has 0 heterocycles. The van der Waals surface area contributed by atoms with Crippen molar-refractivity contribution in [2.75, 3.05) is 13.7 Å². The van der Waals surface area contributed by atoms with Crippen molar-refractivity contribution in [3.05, 3.63) is 29.6 Å². The second-order valence-electron chi connectivity index (χ2n) is 4.88. The Kier molecular flexibility index (Phi) is 4.15. The summed E-state index contributed by atoms with van der Waals surface area (Å²) in [4.78, 5) is -0.369. The van der Waals surface area contributed by atoms with E-state index in [0.29, 0.717) is 5.56 Å². The molecule has 1 aromatic rings. The lowest BCUT2D eigenvalue weighted by Gasteiger charge is -2.32. The van der Waals surface area contributed by atoms with Crippen molar-refractivity contribution in [2.45, 2.75) is 31.2 Å². The summed E-state index contributed by atoms with van der Waals surface area (Å²) in [6.07, 6.45) is 0. The molecule has 4 nitrogen and oxygen atoms in total. The van der Waals surface area contributed by atoms with Crippen LogP contribution in [-0.2, 0) is 10.0 Å². The largest absolute Gasteiger partial charge is 0.394 e. The van der Waals surface area contributed by atoms with Gasteiger partial charge in [0.15, 0.2) is 0 Å². The van der Waals surface area contributed by atoms with Gasteiger partial charge in [-0.05, 0) is 38.5 Å². The van der Waals surface area contributed by atoms with Crippen molar-refractivity contribution in [1.82, 2.24) is 4.31 Å². The van der Waals surface area contributed by atoms with Gasteiger partial charge in [-0.1, -0.05) is 6.07 Å². The first kappa shape index (κ1) is 15.1. The van der Waals surface area contributed by atoms with Gasteiger partial charge in [0.25, 0.3) is 0 Å². The minimum absolute atomic E-state index is 0.351. The van der Waals surface area contributed by atoms with Gasteiger partial charge >= 0.3 is 0 Å². The van der Waals surface area contributed by atoms with Crippen LogP contribution in [0.2, 0.25) is 0 Å². The van der Waals surface area contributed by atoms with E-state index in [2.05, 4.69) is 0 Å². The zero-order valence-electron chi connectivity index (χ0n) is 10.9. The monoisotopic (exact) mass is 275 g/mol. The van der Waals surface area contributed by atoms with E-state index < -0.39 is 21.4 Å². The molecule has 0 aliphatic carbocycles. The van der Waals surface area contributed by atoms with Crippen molar-refractivity contribution in [1.29, 1.82) is 0 Å². The molecule has 1 aromatic carbocycles. The minimum Gasteiger partial charge on any atom is -0.394 e. The fourth-order valence-corrected chi connectivity index (χ4v) is 3.03. The molecule has 102 valence electrons. The Morgan fingerprint density at radius 2 is 1.94 bits per heavy atom. The maximum Gasteiger partial charge on any atom is 0.246 e. The lowest BCUT2D eigenvalue weighted by Crippen LogP contribution is -2.47. The minimum atomic E-state index is -3.96. The third kappa shape index (κ3) is 2.71. The number of aliphatic hydroxyl groups is 1. The zero-order chi connectivity index (χ0) is 14.1. The van der Waals surface area contributed by atoms with Crippen molar-refractivity contribution < 1.29 is 17.9 Å². The second-order valence-corrected chi connectivity index (χ2v) is 6.81. The van der Waals surface area contributed by atoms with E-state index in [-0.39, 0.29) is 11.5 Å². The maximum atomic E-state index is 13.6. The number of sulfonamides is 1. The summed E-state index contributed by atoms with van der Waals surface area (Å²) in [5.41, 5.74) is -0.333. The lowest BCUT2D eigenvalue weighted by molar-refractivity contribution is 0.137. The van der Waals surface area contributed by atoms with Gasteiger partial charge in [0.1, 0.15) is 10.7 Å². The van der Waals surface area contributed by atoms with Crippen LogP contribution in [-0.4, -0.2) is 37.0 Å². The predicted octanol–water partition coefficient (Wildman–Crippen LogP) is 1.53. The van der Waals surface area contributed by atoms with Crippen molar-refractivity contribution >= 4 is 10.0 Å². The highest BCUT2D eigenvalue weighted by molar-refractivity contribution is 7.89. The fraction of sp³-hybridized carbons (Fsp3) is 0.500. The van der Waals surface area contributed by atoms with Gasteiger partial charge in [-0.3, -0.25) is 0 Å². The highest BCUT2D eigenvalue weighted by atomic mass is 32.2. The topological polar surface area (TPSA) is 57.6 Å². The number of aliphatic hydroxyl groups excluding tert-OH is 1. The van der Waals surface area contributed by atoms with E-state index >= 15 is 0 Å². The molecule has 0 aromatic heterocycles. The van der Waals surface area contributed by atoms with Gasteiger partial charge in [0.05, 0.1) is 12.1 Å². The number of hydrogen-bond acceptors (Lipinski definition) is 3. The summed E-state index contributed by atoms with van der Waals surface area (Å²) in [5, 5.41) is 9.20. The summed E-state index contributed by atoms with van der Waals surface area (Å²) in [5.74, 6) is -0.791. The number of nitrogens with zero attached hydrogens (tertiary/aromatic N) is 1. The third-order valence-electron chi connectivity index (χ3n) is 2.96. The molecule has 0 bridgehead atoms.